The van der Waals surface area contributed by atoms with Crippen LogP contribution in [0.25, 0.3) is 0 Å². The number of likely N-dealkylation sites (N-methyl/N-ethyl adjacent to an activating group) is 1. The fourth-order valence-electron chi connectivity index (χ4n) is 3.03. The second-order valence-electron chi connectivity index (χ2n) is 6.32. The van der Waals surface area contributed by atoms with Crippen molar-refractivity contribution >= 4 is 5.96 Å². The predicted molar refractivity (Wildman–Crippen MR) is 89.3 cm³/mol. The number of guanidine groups is 1. The van der Waals surface area contributed by atoms with Crippen molar-refractivity contribution in [2.45, 2.75) is 44.2 Å². The van der Waals surface area contributed by atoms with Crippen LogP contribution in [0.3, 0.4) is 0 Å². The lowest BCUT2D eigenvalue weighted by Gasteiger charge is -2.25. The van der Waals surface area contributed by atoms with Gasteiger partial charge in [-0.1, -0.05) is 25.3 Å². The van der Waals surface area contributed by atoms with E-state index in [1.165, 1.54) is 37.5 Å². The molecule has 0 radical (unpaired) electrons. The Labute approximate surface area is 136 Å². The molecule has 0 bridgehead atoms. The van der Waals surface area contributed by atoms with Crippen LogP contribution in [0.2, 0.25) is 0 Å². The minimum Gasteiger partial charge on any atom is -0.370 e. The quantitative estimate of drug-likeness (QED) is 0.647. The van der Waals surface area contributed by atoms with E-state index >= 15 is 0 Å². The van der Waals surface area contributed by atoms with E-state index in [0.717, 1.165) is 12.8 Å². The zero-order valence-corrected chi connectivity index (χ0v) is 13.9. The van der Waals surface area contributed by atoms with Crippen LogP contribution in [0.1, 0.15) is 43.7 Å². The summed E-state index contributed by atoms with van der Waals surface area (Å²) in [5, 5.41) is 3.22. The molecule has 6 heteroatoms. The maximum Gasteiger partial charge on any atom is 0.188 e. The van der Waals surface area contributed by atoms with Gasteiger partial charge in [-0.15, -0.1) is 0 Å². The maximum atomic E-state index is 14.0. The van der Waals surface area contributed by atoms with Gasteiger partial charge in [0, 0.05) is 11.6 Å². The van der Waals surface area contributed by atoms with Crippen molar-refractivity contribution in [2.24, 2.45) is 10.7 Å². The summed E-state index contributed by atoms with van der Waals surface area (Å²) < 4.78 is 28.0. The maximum absolute atomic E-state index is 14.0. The third kappa shape index (κ3) is 4.89. The van der Waals surface area contributed by atoms with Gasteiger partial charge in [0.05, 0.1) is 12.6 Å². The number of aliphatic imine (C=N–C) groups is 1. The molecule has 0 heterocycles. The summed E-state index contributed by atoms with van der Waals surface area (Å²) in [6.45, 7) is 0.205. The average Bonchev–Trinajstić information content (AvgIpc) is 2.50. The Balaban J connectivity index is 2.06. The molecule has 0 spiro atoms. The van der Waals surface area contributed by atoms with Crippen molar-refractivity contribution in [1.82, 2.24) is 10.2 Å². The molecule has 128 valence electrons. The molecule has 23 heavy (non-hydrogen) atoms. The van der Waals surface area contributed by atoms with Crippen molar-refractivity contribution in [3.8, 4) is 0 Å². The molecule has 0 amide bonds. The van der Waals surface area contributed by atoms with Crippen LogP contribution in [0, 0.1) is 11.6 Å². The molecule has 1 saturated carbocycles. The third-order valence-corrected chi connectivity index (χ3v) is 4.35. The zero-order chi connectivity index (χ0) is 16.8. The van der Waals surface area contributed by atoms with E-state index in [2.05, 4.69) is 10.3 Å². The number of nitrogens with one attached hydrogen (secondary N) is 1. The molecule has 1 aliphatic rings. The Kier molecular flexibility index (Phi) is 6.33. The smallest absolute Gasteiger partial charge is 0.188 e. The second-order valence-corrected chi connectivity index (χ2v) is 6.32. The van der Waals surface area contributed by atoms with Gasteiger partial charge in [0.2, 0.25) is 0 Å². The Hall–Kier alpha value is -1.69. The Morgan fingerprint density at radius 2 is 1.87 bits per heavy atom. The van der Waals surface area contributed by atoms with Crippen molar-refractivity contribution in [2.75, 3.05) is 20.6 Å². The minimum atomic E-state index is -0.558. The first-order valence-corrected chi connectivity index (χ1v) is 8.16. The lowest BCUT2D eigenvalue weighted by Crippen LogP contribution is -2.41. The molecule has 1 atom stereocenters. The molecular weight excluding hydrogens is 298 g/mol. The largest absolute Gasteiger partial charge is 0.370 e. The first-order chi connectivity index (χ1) is 11.0. The minimum absolute atomic E-state index is 0.0340. The van der Waals surface area contributed by atoms with E-state index in [1.807, 2.05) is 0 Å². The van der Waals surface area contributed by atoms with Gasteiger partial charge >= 0.3 is 0 Å². The van der Waals surface area contributed by atoms with Gasteiger partial charge in [0.15, 0.2) is 5.96 Å². The number of nitrogens with zero attached hydrogens (tertiary/aromatic N) is 2. The number of rotatable bonds is 5. The summed E-state index contributed by atoms with van der Waals surface area (Å²) >= 11 is 0. The average molecular weight is 324 g/mol. The predicted octanol–water partition coefficient (Wildman–Crippen LogP) is 2.80. The molecule has 3 N–H and O–H groups in total. The van der Waals surface area contributed by atoms with Crippen LogP contribution < -0.4 is 11.1 Å². The summed E-state index contributed by atoms with van der Waals surface area (Å²) in [5.41, 5.74) is 5.97. The van der Waals surface area contributed by atoms with Crippen LogP contribution in [-0.4, -0.2) is 37.5 Å². The molecule has 1 aromatic rings. The highest BCUT2D eigenvalue weighted by molar-refractivity contribution is 5.78. The van der Waals surface area contributed by atoms with Crippen molar-refractivity contribution < 1.29 is 8.78 Å². The molecule has 0 aliphatic heterocycles. The molecule has 1 unspecified atom stereocenters. The number of hydrogen-bond donors (Lipinski definition) is 2. The fraction of sp³-hybridized carbons (Fsp3) is 0.588. The monoisotopic (exact) mass is 324 g/mol. The standard InChI is InChI=1S/C17H26F2N4/c1-23(2)15(16-13(18)9-6-10-14(16)19)11-21-17(20)22-12-7-4-3-5-8-12/h6,9-10,12,15H,3-5,7-8,11H2,1-2H3,(H3,20,21,22). The molecular formula is C17H26F2N4. The van der Waals surface area contributed by atoms with Gasteiger partial charge in [0.25, 0.3) is 0 Å². The van der Waals surface area contributed by atoms with Gasteiger partial charge in [0.1, 0.15) is 11.6 Å². The van der Waals surface area contributed by atoms with E-state index in [-0.39, 0.29) is 12.1 Å². The van der Waals surface area contributed by atoms with Gasteiger partial charge in [-0.25, -0.2) is 8.78 Å². The van der Waals surface area contributed by atoms with Gasteiger partial charge < -0.3 is 16.0 Å². The van der Waals surface area contributed by atoms with E-state index in [4.69, 9.17) is 5.73 Å². The number of benzene rings is 1. The first kappa shape index (κ1) is 17.7. The molecule has 1 aromatic carbocycles. The Morgan fingerprint density at radius 1 is 1.26 bits per heavy atom. The normalized spacial score (nSPS) is 18.2. The molecule has 4 nitrogen and oxygen atoms in total. The highest BCUT2D eigenvalue weighted by Gasteiger charge is 2.22. The van der Waals surface area contributed by atoms with E-state index in [0.29, 0.717) is 12.0 Å². The van der Waals surface area contributed by atoms with Crippen molar-refractivity contribution in [3.63, 3.8) is 0 Å². The van der Waals surface area contributed by atoms with Crippen LogP contribution in [0.15, 0.2) is 23.2 Å². The van der Waals surface area contributed by atoms with Crippen LogP contribution in [0.4, 0.5) is 8.78 Å². The Morgan fingerprint density at radius 3 is 2.43 bits per heavy atom. The number of nitrogens with two attached hydrogens (primary N) is 1. The third-order valence-electron chi connectivity index (χ3n) is 4.35. The van der Waals surface area contributed by atoms with Gasteiger partial charge in [-0.05, 0) is 39.1 Å². The van der Waals surface area contributed by atoms with E-state index < -0.39 is 17.7 Å². The SMILES string of the molecule is CN(C)C(CN=C(N)NC1CCCCC1)c1c(F)cccc1F. The van der Waals surface area contributed by atoms with Crippen molar-refractivity contribution in [3.05, 3.63) is 35.4 Å². The van der Waals surface area contributed by atoms with Crippen LogP contribution in [0.5, 0.6) is 0 Å². The number of halogens is 2. The number of hydrogen-bond acceptors (Lipinski definition) is 2. The summed E-state index contributed by atoms with van der Waals surface area (Å²) in [4.78, 5) is 6.06. The summed E-state index contributed by atoms with van der Waals surface area (Å²) in [6, 6.07) is 3.76. The molecule has 2 rings (SSSR count). The van der Waals surface area contributed by atoms with Gasteiger partial charge in [-0.2, -0.15) is 0 Å². The summed E-state index contributed by atoms with van der Waals surface area (Å²) in [7, 11) is 3.55. The summed E-state index contributed by atoms with van der Waals surface area (Å²) in [6.07, 6.45) is 5.85. The topological polar surface area (TPSA) is 53.6 Å². The molecule has 1 fully saturated rings. The summed E-state index contributed by atoms with van der Waals surface area (Å²) in [5.74, 6) is -0.768. The lowest BCUT2D eigenvalue weighted by atomic mass is 9.96. The Bertz CT molecular complexity index is 519. The molecule has 0 aromatic heterocycles. The van der Waals surface area contributed by atoms with Crippen LogP contribution >= 0.6 is 0 Å². The lowest BCUT2D eigenvalue weighted by molar-refractivity contribution is 0.290. The fourth-order valence-corrected chi connectivity index (χ4v) is 3.03. The van der Waals surface area contributed by atoms with Gasteiger partial charge in [-0.3, -0.25) is 4.99 Å². The van der Waals surface area contributed by atoms with E-state index in [9.17, 15) is 8.78 Å². The molecule has 1 aliphatic carbocycles. The van der Waals surface area contributed by atoms with E-state index in [1.54, 1.807) is 19.0 Å². The van der Waals surface area contributed by atoms with Crippen LogP contribution in [-0.2, 0) is 0 Å². The second kappa shape index (κ2) is 8.24. The first-order valence-electron chi connectivity index (χ1n) is 8.16. The highest BCUT2D eigenvalue weighted by Crippen LogP contribution is 2.24. The molecule has 0 saturated heterocycles. The van der Waals surface area contributed by atoms with Crippen molar-refractivity contribution in [1.29, 1.82) is 0 Å². The zero-order valence-electron chi connectivity index (χ0n) is 13.9. The highest BCUT2D eigenvalue weighted by atomic mass is 19.1.